The molecule has 6 fully saturated rings. The molecule has 0 spiro atoms. The van der Waals surface area contributed by atoms with Gasteiger partial charge in [0.05, 0.1) is 65.1 Å². The van der Waals surface area contributed by atoms with E-state index in [4.69, 9.17) is 74.6 Å². The minimum Gasteiger partial charge on any atom is -0.393 e. The summed E-state index contributed by atoms with van der Waals surface area (Å²) in [5, 5.41) is 42.4. The van der Waals surface area contributed by atoms with Crippen LogP contribution in [0.3, 0.4) is 0 Å². The molecular formula is C70H92Cl3N15O6S4. The molecule has 0 bridgehead atoms. The smallest absolute Gasteiger partial charge is 0.142 e. The molecule has 1 unspecified atom stereocenters. The summed E-state index contributed by atoms with van der Waals surface area (Å²) >= 11 is 24.2. The molecule has 1 atom stereocenters. The largest absolute Gasteiger partial charge is 0.393 e. The Hall–Kier alpha value is -5.59. The van der Waals surface area contributed by atoms with E-state index in [1.807, 2.05) is 44.5 Å². The van der Waals surface area contributed by atoms with Gasteiger partial charge in [0, 0.05) is 149 Å². The quantitative estimate of drug-likeness (QED) is 0.0520. The highest BCUT2D eigenvalue weighted by molar-refractivity contribution is 7.14. The fourth-order valence-corrected chi connectivity index (χ4v) is 15.3. The number of morpholine rings is 4. The Labute approximate surface area is 607 Å². The minimum atomic E-state index is -0.144. The predicted molar refractivity (Wildman–Crippen MR) is 403 cm³/mol. The van der Waals surface area contributed by atoms with Crippen LogP contribution < -0.4 is 36.4 Å². The van der Waals surface area contributed by atoms with E-state index in [0.29, 0.717) is 33.5 Å². The number of hydrogen-bond donors (Lipinski definition) is 6. The van der Waals surface area contributed by atoms with Gasteiger partial charge in [-0.1, -0.05) is 47.0 Å². The minimum absolute atomic E-state index is 0.0604. The van der Waals surface area contributed by atoms with Crippen LogP contribution in [-0.4, -0.2) is 186 Å². The molecular weight excluding hydrogens is 1380 g/mol. The lowest BCUT2D eigenvalue weighted by atomic mass is 9.93. The first-order valence-corrected chi connectivity index (χ1v) is 38.6. The molecule has 8 aromatic rings. The summed E-state index contributed by atoms with van der Waals surface area (Å²) < 4.78 is 21.4. The van der Waals surface area contributed by atoms with Crippen molar-refractivity contribution in [2.45, 2.75) is 129 Å². The predicted octanol–water partition coefficient (Wildman–Crippen LogP) is 13.6. The molecule has 15 rings (SSSR count). The lowest BCUT2D eigenvalue weighted by molar-refractivity contribution is 0.109. The zero-order valence-electron chi connectivity index (χ0n) is 56.4. The van der Waals surface area contributed by atoms with Crippen LogP contribution in [0.25, 0.3) is 42.8 Å². The van der Waals surface area contributed by atoms with Crippen LogP contribution in [0.5, 0.6) is 0 Å². The van der Waals surface area contributed by atoms with Gasteiger partial charge in [-0.05, 0) is 135 Å². The number of allylic oxidation sites excluding steroid dienone is 1. The summed E-state index contributed by atoms with van der Waals surface area (Å²) in [7, 11) is 0. The van der Waals surface area contributed by atoms with E-state index in [-0.39, 0.29) is 12.2 Å². The maximum Gasteiger partial charge on any atom is 0.142 e. The third-order valence-corrected chi connectivity index (χ3v) is 21.4. The van der Waals surface area contributed by atoms with E-state index in [2.05, 4.69) is 114 Å². The normalized spacial score (nSPS) is 20.9. The number of hydrogen-bond acceptors (Lipinski definition) is 25. The molecule has 4 saturated heterocycles. The summed E-state index contributed by atoms with van der Waals surface area (Å²) in [6.07, 6.45) is 15.2. The molecule has 4 aliphatic heterocycles. The first-order chi connectivity index (χ1) is 47.6. The molecule has 28 heteroatoms. The number of nitrogens with zero attached hydrogens (tertiary/aromatic N) is 11. The summed E-state index contributed by atoms with van der Waals surface area (Å²) in [4.78, 5) is 43.2. The Kier molecular flexibility index (Phi) is 29.9. The molecule has 0 amide bonds. The zero-order chi connectivity index (χ0) is 68.6. The van der Waals surface area contributed by atoms with E-state index in [9.17, 15) is 5.11 Å². The molecule has 98 heavy (non-hydrogen) atoms. The molecule has 7 N–H and O–H groups in total. The number of anilines is 5. The number of ether oxygens (including phenoxy) is 4. The van der Waals surface area contributed by atoms with Gasteiger partial charge in [0.1, 0.15) is 64.7 Å². The number of aliphatic hydroxyl groups excluding tert-OH is 2. The number of aliphatic hydroxyl groups is 2. The van der Waals surface area contributed by atoms with Crippen molar-refractivity contribution in [2.75, 3.05) is 131 Å². The van der Waals surface area contributed by atoms with Gasteiger partial charge in [0.2, 0.25) is 0 Å². The van der Waals surface area contributed by atoms with E-state index in [0.717, 1.165) is 259 Å². The average Bonchev–Trinajstić information content (AvgIpc) is 1.59. The van der Waals surface area contributed by atoms with Gasteiger partial charge in [-0.2, -0.15) is 0 Å². The highest BCUT2D eigenvalue weighted by atomic mass is 35.5. The molecule has 0 radical (unpaired) electrons. The standard InChI is InChI=1S/C19H26N4O2S.C19H24N4OS.C13H14ClN3OS.C9H6Cl2N2S.C6H13NO.C4H9NO/c1-13-12-26-19(20-13)17-10-15(23-6-8-25-9-7-23)11-18(22-17)21-14-2-4-16(24)5-3-14;1-14-13-25-19(20-14)17-11-16(23-7-9-24-10-8-23)12-18(22-17)21-15-5-3-2-4-6-15;1-9-8-19-13(15-9)11-6-10(7-12(14)16-11)17-2-4-18-5-3-17;1-5-4-14-9(12-5)7-2-6(10)3-8(11)13-7;7-5-1-3-6(8)4-2-5;1-3-6-4-2-5-1/h10-12,14,16,24H,2-9H2,1H3,(H,21,22);2-3,11-13,15H,4-10H2,1H3,(H,21,22);6-8H,2-5H2,1H3;2-4H,1H3;5-6,8H,1-4,7H2;5H,1-4H2. The molecule has 8 aromatic heterocycles. The second-order valence-electron chi connectivity index (χ2n) is 24.9. The van der Waals surface area contributed by atoms with Crippen LogP contribution in [0.2, 0.25) is 15.3 Å². The number of aryl methyl sites for hydroxylation is 4. The van der Waals surface area contributed by atoms with E-state index in [1.54, 1.807) is 46.1 Å². The van der Waals surface area contributed by atoms with Crippen molar-refractivity contribution in [3.8, 4) is 42.8 Å². The van der Waals surface area contributed by atoms with Crippen LogP contribution in [0.1, 0.15) is 93.4 Å². The van der Waals surface area contributed by atoms with Crippen molar-refractivity contribution < 1.29 is 29.2 Å². The third kappa shape index (κ3) is 24.3. The van der Waals surface area contributed by atoms with Gasteiger partial charge in [-0.25, -0.2) is 39.9 Å². The average molecular weight is 1470 g/mol. The van der Waals surface area contributed by atoms with Gasteiger partial charge in [0.25, 0.3) is 0 Å². The van der Waals surface area contributed by atoms with Crippen LogP contribution >= 0.6 is 80.1 Å². The topological polar surface area (TPSA) is 252 Å². The SMILES string of the molecule is C1COCCN1.Cc1csc(-c2cc(Cl)cc(Cl)n2)n1.Cc1csc(-c2cc(N3CCOCC3)cc(Cl)n2)n1.Cc1csc(-c2cc(N3CCOCC3)cc(NC3CC=CCC3)n2)n1.Cc1csc(-c2cc(N3CCOCC3)cc(NC3CCC(O)CC3)n2)n1.NC1CCC(O)CC1. The van der Waals surface area contributed by atoms with Crippen LogP contribution in [0, 0.1) is 27.7 Å². The first-order valence-electron chi connectivity index (χ1n) is 33.9. The van der Waals surface area contributed by atoms with Gasteiger partial charge >= 0.3 is 0 Å². The maximum absolute atomic E-state index is 9.73. The zero-order valence-corrected chi connectivity index (χ0v) is 61.9. The van der Waals surface area contributed by atoms with Gasteiger partial charge < -0.3 is 65.5 Å². The second-order valence-corrected chi connectivity index (χ2v) is 29.5. The van der Waals surface area contributed by atoms with Crippen molar-refractivity contribution in [2.24, 2.45) is 5.73 Å². The van der Waals surface area contributed by atoms with Crippen molar-refractivity contribution in [1.82, 2.24) is 45.2 Å². The molecule has 7 aliphatic rings. The van der Waals surface area contributed by atoms with Crippen LogP contribution in [0.15, 0.2) is 82.2 Å². The van der Waals surface area contributed by atoms with Crippen molar-refractivity contribution in [3.63, 3.8) is 0 Å². The third-order valence-electron chi connectivity index (χ3n) is 16.9. The summed E-state index contributed by atoms with van der Waals surface area (Å²) in [6.45, 7) is 21.8. The lowest BCUT2D eigenvalue weighted by Gasteiger charge is -2.30. The monoisotopic (exact) mass is 1470 g/mol. The first kappa shape index (κ1) is 75.1. The summed E-state index contributed by atoms with van der Waals surface area (Å²) in [5.41, 5.74) is 16.5. The molecule has 528 valence electrons. The Morgan fingerprint density at radius 1 is 0.439 bits per heavy atom. The number of rotatable bonds is 11. The molecule has 21 nitrogen and oxygen atoms in total. The van der Waals surface area contributed by atoms with Gasteiger partial charge in [-0.3, -0.25) is 0 Å². The number of aromatic nitrogens is 8. The summed E-state index contributed by atoms with van der Waals surface area (Å²) in [6, 6.07) is 17.1. The second kappa shape index (κ2) is 39.0. The fraction of sp³-hybridized carbons (Fsp3) is 0.514. The Morgan fingerprint density at radius 2 is 0.816 bits per heavy atom. The summed E-state index contributed by atoms with van der Waals surface area (Å²) in [5.74, 6) is 1.85. The van der Waals surface area contributed by atoms with Crippen molar-refractivity contribution in [1.29, 1.82) is 0 Å². The van der Waals surface area contributed by atoms with Crippen molar-refractivity contribution >= 4 is 109 Å². The lowest BCUT2D eigenvalue weighted by Crippen LogP contribution is -2.36. The number of pyridine rings is 4. The fourth-order valence-electron chi connectivity index (χ4n) is 11.6. The van der Waals surface area contributed by atoms with E-state index in [1.165, 1.54) is 22.7 Å². The van der Waals surface area contributed by atoms with E-state index >= 15 is 0 Å². The van der Waals surface area contributed by atoms with Gasteiger partial charge in [0.15, 0.2) is 0 Å². The number of thiazole rings is 4. The van der Waals surface area contributed by atoms with Gasteiger partial charge in [-0.15, -0.1) is 45.3 Å². The molecule has 0 aromatic carbocycles. The molecule has 2 saturated carbocycles. The van der Waals surface area contributed by atoms with Crippen LogP contribution in [-0.2, 0) is 18.9 Å². The van der Waals surface area contributed by atoms with Crippen LogP contribution in [0.4, 0.5) is 28.7 Å². The van der Waals surface area contributed by atoms with Crippen molar-refractivity contribution in [3.05, 3.63) is 120 Å². The highest BCUT2D eigenvalue weighted by Gasteiger charge is 2.24. The van der Waals surface area contributed by atoms with E-state index < -0.39 is 0 Å². The Bertz CT molecular complexity index is 3690. The maximum atomic E-state index is 9.73. The number of nitrogens with two attached hydrogens (primary N) is 1. The Morgan fingerprint density at radius 3 is 1.17 bits per heavy atom. The number of halogens is 3. The highest BCUT2D eigenvalue weighted by Crippen LogP contribution is 2.34. The molecule has 3 aliphatic carbocycles. The molecule has 12 heterocycles. The number of nitrogens with one attached hydrogen (secondary N) is 3. The Balaban J connectivity index is 0.000000135.